The second-order valence-corrected chi connectivity index (χ2v) is 4.73. The lowest BCUT2D eigenvalue weighted by molar-refractivity contribution is -0.142. The van der Waals surface area contributed by atoms with Crippen molar-refractivity contribution in [3.63, 3.8) is 0 Å². The molecule has 1 aromatic rings. The Morgan fingerprint density at radius 3 is 2.67 bits per heavy atom. The van der Waals surface area contributed by atoms with E-state index >= 15 is 0 Å². The molecule has 5 heteroatoms. The van der Waals surface area contributed by atoms with E-state index in [4.69, 9.17) is 9.47 Å². The van der Waals surface area contributed by atoms with Gasteiger partial charge in [-0.15, -0.1) is 0 Å². The van der Waals surface area contributed by atoms with Crippen LogP contribution in [0.1, 0.15) is 19.4 Å². The Labute approximate surface area is 114 Å². The molecule has 0 heterocycles. The van der Waals surface area contributed by atoms with Crippen LogP contribution in [0.2, 0.25) is 0 Å². The number of ether oxygens (including phenoxy) is 2. The van der Waals surface area contributed by atoms with Crippen LogP contribution in [0.3, 0.4) is 0 Å². The lowest BCUT2D eigenvalue weighted by atomic mass is 10.1. The molecule has 3 nitrogen and oxygen atoms in total. The van der Waals surface area contributed by atoms with Gasteiger partial charge in [0.1, 0.15) is 4.83 Å². The van der Waals surface area contributed by atoms with Crippen molar-refractivity contribution < 1.29 is 18.7 Å². The van der Waals surface area contributed by atoms with E-state index in [1.807, 2.05) is 0 Å². The van der Waals surface area contributed by atoms with Crippen LogP contribution in [-0.4, -0.2) is 24.0 Å². The standard InChI is InChI=1S/C13H16BrFO3/c1-3-17-12-6-5-9(8-11(12)15)7-10(14)13(16)18-4-2/h5-6,8,10H,3-4,7H2,1-2H3. The zero-order valence-electron chi connectivity index (χ0n) is 10.4. The molecule has 1 aromatic carbocycles. The first-order valence-corrected chi connectivity index (χ1v) is 6.72. The van der Waals surface area contributed by atoms with Crippen molar-refractivity contribution in [3.8, 4) is 5.75 Å². The number of hydrogen-bond acceptors (Lipinski definition) is 3. The van der Waals surface area contributed by atoms with Crippen molar-refractivity contribution in [2.75, 3.05) is 13.2 Å². The maximum atomic E-state index is 13.6. The van der Waals surface area contributed by atoms with E-state index in [1.165, 1.54) is 6.07 Å². The topological polar surface area (TPSA) is 35.5 Å². The van der Waals surface area contributed by atoms with E-state index in [0.29, 0.717) is 25.2 Å². The van der Waals surface area contributed by atoms with Crippen LogP contribution in [-0.2, 0) is 16.0 Å². The minimum Gasteiger partial charge on any atom is -0.491 e. The van der Waals surface area contributed by atoms with Crippen molar-refractivity contribution in [2.45, 2.75) is 25.1 Å². The van der Waals surface area contributed by atoms with Gasteiger partial charge in [0.2, 0.25) is 0 Å². The number of benzene rings is 1. The van der Waals surface area contributed by atoms with E-state index in [1.54, 1.807) is 26.0 Å². The van der Waals surface area contributed by atoms with Gasteiger partial charge in [-0.1, -0.05) is 22.0 Å². The Morgan fingerprint density at radius 2 is 2.11 bits per heavy atom. The van der Waals surface area contributed by atoms with Gasteiger partial charge in [0, 0.05) is 0 Å². The first kappa shape index (κ1) is 15.0. The molecule has 0 spiro atoms. The highest BCUT2D eigenvalue weighted by Gasteiger charge is 2.17. The molecule has 0 amide bonds. The van der Waals surface area contributed by atoms with Gasteiger partial charge >= 0.3 is 5.97 Å². The van der Waals surface area contributed by atoms with Gasteiger partial charge < -0.3 is 9.47 Å². The highest BCUT2D eigenvalue weighted by atomic mass is 79.9. The van der Waals surface area contributed by atoms with Gasteiger partial charge in [-0.2, -0.15) is 0 Å². The summed E-state index contributed by atoms with van der Waals surface area (Å²) in [5, 5.41) is 0. The maximum absolute atomic E-state index is 13.6. The second kappa shape index (κ2) is 7.36. The number of esters is 1. The van der Waals surface area contributed by atoms with Gasteiger partial charge in [-0.05, 0) is 38.0 Å². The van der Waals surface area contributed by atoms with E-state index in [0.717, 1.165) is 0 Å². The first-order valence-electron chi connectivity index (χ1n) is 5.80. The van der Waals surface area contributed by atoms with Crippen LogP contribution < -0.4 is 4.74 Å². The molecule has 0 saturated heterocycles. The SMILES string of the molecule is CCOC(=O)C(Br)Cc1ccc(OCC)c(F)c1. The lowest BCUT2D eigenvalue weighted by Gasteiger charge is -2.10. The van der Waals surface area contributed by atoms with Crippen LogP contribution >= 0.6 is 15.9 Å². The molecule has 0 saturated carbocycles. The predicted molar refractivity (Wildman–Crippen MR) is 70.6 cm³/mol. The van der Waals surface area contributed by atoms with Crippen LogP contribution in [0.25, 0.3) is 0 Å². The molecule has 18 heavy (non-hydrogen) atoms. The molecule has 1 unspecified atom stereocenters. The molecule has 0 fully saturated rings. The number of carbonyl (C=O) groups excluding carboxylic acids is 1. The molecular formula is C13H16BrFO3. The Balaban J connectivity index is 2.68. The van der Waals surface area contributed by atoms with Crippen molar-refractivity contribution >= 4 is 21.9 Å². The van der Waals surface area contributed by atoms with Crippen molar-refractivity contribution in [2.24, 2.45) is 0 Å². The number of hydrogen-bond donors (Lipinski definition) is 0. The molecule has 100 valence electrons. The summed E-state index contributed by atoms with van der Waals surface area (Å²) < 4.78 is 23.5. The quantitative estimate of drug-likeness (QED) is 0.597. The molecular weight excluding hydrogens is 303 g/mol. The molecule has 0 aliphatic heterocycles. The number of halogens is 2. The largest absolute Gasteiger partial charge is 0.491 e. The van der Waals surface area contributed by atoms with E-state index < -0.39 is 10.6 Å². The Bertz CT molecular complexity index is 409. The summed E-state index contributed by atoms with van der Waals surface area (Å²) in [7, 11) is 0. The fraction of sp³-hybridized carbons (Fsp3) is 0.462. The predicted octanol–water partition coefficient (Wildman–Crippen LogP) is 3.09. The fourth-order valence-electron chi connectivity index (χ4n) is 1.47. The zero-order chi connectivity index (χ0) is 13.5. The number of alkyl halides is 1. The summed E-state index contributed by atoms with van der Waals surface area (Å²) in [5.74, 6) is -0.534. The van der Waals surface area contributed by atoms with E-state index in [-0.39, 0.29) is 11.7 Å². The zero-order valence-corrected chi connectivity index (χ0v) is 12.0. The average Bonchev–Trinajstić information content (AvgIpc) is 2.33. The molecule has 0 aromatic heterocycles. The smallest absolute Gasteiger partial charge is 0.320 e. The number of carbonyl (C=O) groups is 1. The maximum Gasteiger partial charge on any atom is 0.320 e. The highest BCUT2D eigenvalue weighted by molar-refractivity contribution is 9.10. The summed E-state index contributed by atoms with van der Waals surface area (Å²) in [6.07, 6.45) is 0.377. The van der Waals surface area contributed by atoms with Gasteiger partial charge in [0.15, 0.2) is 11.6 Å². The Kier molecular flexibility index (Phi) is 6.12. The number of rotatable bonds is 6. The molecule has 0 N–H and O–H groups in total. The summed E-state index contributed by atoms with van der Waals surface area (Å²) in [6, 6.07) is 4.68. The molecule has 0 bridgehead atoms. The monoisotopic (exact) mass is 318 g/mol. The third kappa shape index (κ3) is 4.29. The summed E-state index contributed by atoms with van der Waals surface area (Å²) in [6.45, 7) is 4.29. The summed E-state index contributed by atoms with van der Waals surface area (Å²) in [5.41, 5.74) is 0.714. The molecule has 0 aliphatic rings. The minimum atomic E-state index is -0.463. The normalized spacial score (nSPS) is 12.0. The lowest BCUT2D eigenvalue weighted by Crippen LogP contribution is -2.19. The minimum absolute atomic E-state index is 0.225. The van der Waals surface area contributed by atoms with Gasteiger partial charge in [-0.25, -0.2) is 4.39 Å². The Morgan fingerprint density at radius 1 is 1.39 bits per heavy atom. The van der Waals surface area contributed by atoms with Crippen LogP contribution in [0.15, 0.2) is 18.2 Å². The van der Waals surface area contributed by atoms with Crippen molar-refractivity contribution in [3.05, 3.63) is 29.6 Å². The highest BCUT2D eigenvalue weighted by Crippen LogP contribution is 2.20. The van der Waals surface area contributed by atoms with E-state index in [2.05, 4.69) is 15.9 Å². The van der Waals surface area contributed by atoms with Gasteiger partial charge in [0.05, 0.1) is 13.2 Å². The third-order valence-corrected chi connectivity index (χ3v) is 2.95. The molecule has 1 rings (SSSR count). The van der Waals surface area contributed by atoms with Crippen LogP contribution in [0.5, 0.6) is 5.75 Å². The summed E-state index contributed by atoms with van der Waals surface area (Å²) >= 11 is 3.23. The second-order valence-electron chi connectivity index (χ2n) is 3.62. The molecule has 1 atom stereocenters. The Hall–Kier alpha value is -1.10. The first-order chi connectivity index (χ1) is 8.58. The fourth-order valence-corrected chi connectivity index (χ4v) is 1.97. The summed E-state index contributed by atoms with van der Waals surface area (Å²) in [4.78, 5) is 11.0. The van der Waals surface area contributed by atoms with E-state index in [9.17, 15) is 9.18 Å². The van der Waals surface area contributed by atoms with Crippen LogP contribution in [0, 0.1) is 5.82 Å². The molecule has 0 radical (unpaired) electrons. The third-order valence-electron chi connectivity index (χ3n) is 2.25. The van der Waals surface area contributed by atoms with Crippen molar-refractivity contribution in [1.82, 2.24) is 0 Å². The van der Waals surface area contributed by atoms with Crippen molar-refractivity contribution in [1.29, 1.82) is 0 Å². The average molecular weight is 319 g/mol. The van der Waals surface area contributed by atoms with Gasteiger partial charge in [-0.3, -0.25) is 4.79 Å². The van der Waals surface area contributed by atoms with Gasteiger partial charge in [0.25, 0.3) is 0 Å². The van der Waals surface area contributed by atoms with Crippen LogP contribution in [0.4, 0.5) is 4.39 Å². The molecule has 0 aliphatic carbocycles.